The van der Waals surface area contributed by atoms with Gasteiger partial charge in [0, 0.05) is 30.3 Å². The van der Waals surface area contributed by atoms with Crippen LogP contribution in [0.15, 0.2) is 30.5 Å². The van der Waals surface area contributed by atoms with Crippen molar-refractivity contribution in [2.24, 2.45) is 5.92 Å². The Kier molecular flexibility index (Phi) is 4.25. The first-order valence-electron chi connectivity index (χ1n) is 7.74. The summed E-state index contributed by atoms with van der Waals surface area (Å²) in [5.41, 5.74) is 2.40. The highest BCUT2D eigenvalue weighted by Gasteiger charge is 2.32. The first kappa shape index (κ1) is 14.1. The van der Waals surface area contributed by atoms with Gasteiger partial charge in [0.2, 0.25) is 5.91 Å². The number of carbonyl (C=O) groups is 1. The Morgan fingerprint density at radius 1 is 1.43 bits per heavy atom. The van der Waals surface area contributed by atoms with Crippen LogP contribution in [-0.4, -0.2) is 30.1 Å². The van der Waals surface area contributed by atoms with E-state index >= 15 is 0 Å². The van der Waals surface area contributed by atoms with Gasteiger partial charge in [-0.2, -0.15) is 0 Å². The molecule has 1 amide bonds. The number of para-hydroxylation sites is 1. The largest absolute Gasteiger partial charge is 0.377 e. The Bertz CT molecular complexity index is 620. The molecule has 2 N–H and O–H groups in total. The Labute approximate surface area is 124 Å². The normalized spacial score (nSPS) is 21.8. The molecule has 0 saturated carbocycles. The van der Waals surface area contributed by atoms with E-state index in [-0.39, 0.29) is 17.9 Å². The van der Waals surface area contributed by atoms with Crippen LogP contribution in [-0.2, 0) is 16.0 Å². The number of benzene rings is 1. The van der Waals surface area contributed by atoms with Crippen molar-refractivity contribution in [3.63, 3.8) is 0 Å². The molecule has 1 fully saturated rings. The summed E-state index contributed by atoms with van der Waals surface area (Å²) in [6, 6.07) is 8.25. The second-order valence-electron chi connectivity index (χ2n) is 5.61. The molecule has 21 heavy (non-hydrogen) atoms. The number of hydrogen-bond donors (Lipinski definition) is 2. The smallest absolute Gasteiger partial charge is 0.225 e. The molecular weight excluding hydrogens is 264 g/mol. The molecule has 1 aliphatic rings. The van der Waals surface area contributed by atoms with Gasteiger partial charge in [-0.3, -0.25) is 4.79 Å². The van der Waals surface area contributed by atoms with Crippen molar-refractivity contribution in [2.75, 3.05) is 13.2 Å². The monoisotopic (exact) mass is 286 g/mol. The minimum Gasteiger partial charge on any atom is -0.377 e. The molecule has 2 atom stereocenters. The van der Waals surface area contributed by atoms with Crippen LogP contribution in [0, 0.1) is 5.92 Å². The van der Waals surface area contributed by atoms with Crippen molar-refractivity contribution >= 4 is 16.8 Å². The van der Waals surface area contributed by atoms with Crippen LogP contribution in [0.2, 0.25) is 0 Å². The van der Waals surface area contributed by atoms with Crippen molar-refractivity contribution in [1.29, 1.82) is 0 Å². The quantitative estimate of drug-likeness (QED) is 0.888. The third kappa shape index (κ3) is 2.95. The van der Waals surface area contributed by atoms with Gasteiger partial charge in [0.1, 0.15) is 0 Å². The zero-order valence-corrected chi connectivity index (χ0v) is 12.4. The topological polar surface area (TPSA) is 54.1 Å². The van der Waals surface area contributed by atoms with Crippen LogP contribution in [0.25, 0.3) is 10.9 Å². The van der Waals surface area contributed by atoms with Crippen LogP contribution >= 0.6 is 0 Å². The van der Waals surface area contributed by atoms with Crippen molar-refractivity contribution in [2.45, 2.75) is 32.3 Å². The second-order valence-corrected chi connectivity index (χ2v) is 5.61. The summed E-state index contributed by atoms with van der Waals surface area (Å²) < 4.78 is 5.58. The maximum absolute atomic E-state index is 12.2. The average Bonchev–Trinajstić information content (AvgIpc) is 3.14. The third-order valence-corrected chi connectivity index (χ3v) is 4.32. The number of aromatic nitrogens is 1. The number of ether oxygens (including phenoxy) is 1. The van der Waals surface area contributed by atoms with E-state index < -0.39 is 0 Å². The minimum absolute atomic E-state index is 0.0259. The SMILES string of the molecule is CCC1OCCC1C(=O)NCCc1c[nH]c2ccccc12. The summed E-state index contributed by atoms with van der Waals surface area (Å²) >= 11 is 0. The van der Waals surface area contributed by atoms with Gasteiger partial charge in [0.05, 0.1) is 12.0 Å². The molecule has 1 aliphatic heterocycles. The van der Waals surface area contributed by atoms with Gasteiger partial charge >= 0.3 is 0 Å². The summed E-state index contributed by atoms with van der Waals surface area (Å²) in [6.07, 6.45) is 4.72. The van der Waals surface area contributed by atoms with Crippen LogP contribution in [0.3, 0.4) is 0 Å². The predicted molar refractivity (Wildman–Crippen MR) is 83.2 cm³/mol. The number of carbonyl (C=O) groups excluding carboxylic acids is 1. The van der Waals surface area contributed by atoms with Crippen LogP contribution in [0.4, 0.5) is 0 Å². The zero-order valence-electron chi connectivity index (χ0n) is 12.4. The Balaban J connectivity index is 1.55. The fraction of sp³-hybridized carbons (Fsp3) is 0.471. The van der Waals surface area contributed by atoms with E-state index in [0.29, 0.717) is 13.2 Å². The highest BCUT2D eigenvalue weighted by Crippen LogP contribution is 2.23. The lowest BCUT2D eigenvalue weighted by molar-refractivity contribution is -0.126. The summed E-state index contributed by atoms with van der Waals surface area (Å²) in [5.74, 6) is 0.164. The molecule has 2 heterocycles. The molecular formula is C17H22N2O2. The molecule has 1 aromatic heterocycles. The van der Waals surface area contributed by atoms with Gasteiger partial charge in [-0.15, -0.1) is 0 Å². The number of H-pyrrole nitrogens is 1. The number of rotatable bonds is 5. The molecule has 2 unspecified atom stereocenters. The van der Waals surface area contributed by atoms with Crippen molar-refractivity contribution < 1.29 is 9.53 Å². The molecule has 0 aliphatic carbocycles. The van der Waals surface area contributed by atoms with E-state index in [1.165, 1.54) is 10.9 Å². The van der Waals surface area contributed by atoms with Gasteiger partial charge in [0.25, 0.3) is 0 Å². The highest BCUT2D eigenvalue weighted by molar-refractivity contribution is 5.83. The standard InChI is InChI=1S/C17H22N2O2/c1-2-16-14(8-10-21-16)17(20)18-9-7-12-11-19-15-6-4-3-5-13(12)15/h3-6,11,14,16,19H,2,7-10H2,1H3,(H,18,20). The minimum atomic E-state index is 0.0259. The van der Waals surface area contributed by atoms with Crippen LogP contribution in [0.1, 0.15) is 25.3 Å². The van der Waals surface area contributed by atoms with E-state index in [2.05, 4.69) is 29.4 Å². The molecule has 112 valence electrons. The maximum atomic E-state index is 12.2. The summed E-state index contributed by atoms with van der Waals surface area (Å²) in [4.78, 5) is 15.5. The first-order valence-corrected chi connectivity index (χ1v) is 7.74. The fourth-order valence-electron chi connectivity index (χ4n) is 3.14. The average molecular weight is 286 g/mol. The number of amides is 1. The zero-order chi connectivity index (χ0) is 14.7. The lowest BCUT2D eigenvalue weighted by Crippen LogP contribution is -2.36. The number of nitrogens with one attached hydrogen (secondary N) is 2. The fourth-order valence-corrected chi connectivity index (χ4v) is 3.14. The molecule has 2 aromatic rings. The molecule has 1 aromatic carbocycles. The van der Waals surface area contributed by atoms with Crippen molar-refractivity contribution in [3.8, 4) is 0 Å². The Morgan fingerprint density at radius 2 is 2.29 bits per heavy atom. The lowest BCUT2D eigenvalue weighted by atomic mass is 9.98. The van der Waals surface area contributed by atoms with Crippen molar-refractivity contribution in [3.05, 3.63) is 36.0 Å². The van der Waals surface area contributed by atoms with Gasteiger partial charge in [-0.1, -0.05) is 25.1 Å². The molecule has 4 nitrogen and oxygen atoms in total. The van der Waals surface area contributed by atoms with Gasteiger partial charge in [-0.05, 0) is 30.9 Å². The van der Waals surface area contributed by atoms with E-state index in [4.69, 9.17) is 4.74 Å². The van der Waals surface area contributed by atoms with E-state index in [1.54, 1.807) is 0 Å². The third-order valence-electron chi connectivity index (χ3n) is 4.32. The summed E-state index contributed by atoms with van der Waals surface area (Å²) in [7, 11) is 0. The van der Waals surface area contributed by atoms with Gasteiger partial charge in [-0.25, -0.2) is 0 Å². The van der Waals surface area contributed by atoms with Gasteiger partial charge in [0.15, 0.2) is 0 Å². The van der Waals surface area contributed by atoms with Gasteiger partial charge < -0.3 is 15.0 Å². The number of aromatic amines is 1. The van der Waals surface area contributed by atoms with E-state index in [0.717, 1.165) is 24.8 Å². The number of hydrogen-bond acceptors (Lipinski definition) is 2. The van der Waals surface area contributed by atoms with Crippen molar-refractivity contribution in [1.82, 2.24) is 10.3 Å². The maximum Gasteiger partial charge on any atom is 0.225 e. The molecule has 0 radical (unpaired) electrons. The molecule has 4 heteroatoms. The molecule has 0 bridgehead atoms. The lowest BCUT2D eigenvalue weighted by Gasteiger charge is -2.16. The highest BCUT2D eigenvalue weighted by atomic mass is 16.5. The molecule has 0 spiro atoms. The summed E-state index contributed by atoms with van der Waals surface area (Å²) in [5, 5.41) is 4.30. The second kappa shape index (κ2) is 6.31. The Morgan fingerprint density at radius 3 is 3.14 bits per heavy atom. The van der Waals surface area contributed by atoms with E-state index in [1.807, 2.05) is 18.3 Å². The van der Waals surface area contributed by atoms with Crippen LogP contribution in [0.5, 0.6) is 0 Å². The molecule has 3 rings (SSSR count). The summed E-state index contributed by atoms with van der Waals surface area (Å²) in [6.45, 7) is 3.45. The first-order chi connectivity index (χ1) is 10.3. The predicted octanol–water partition coefficient (Wildman–Crippen LogP) is 2.64. The van der Waals surface area contributed by atoms with Crippen LogP contribution < -0.4 is 5.32 Å². The Hall–Kier alpha value is -1.81. The number of fused-ring (bicyclic) bond motifs is 1. The molecule has 1 saturated heterocycles. The van der Waals surface area contributed by atoms with E-state index in [9.17, 15) is 4.79 Å².